The third-order valence-corrected chi connectivity index (χ3v) is 2.01. The van der Waals surface area contributed by atoms with Gasteiger partial charge in [0.25, 0.3) is 5.91 Å². The van der Waals surface area contributed by atoms with Crippen molar-refractivity contribution in [1.29, 1.82) is 0 Å². The third kappa shape index (κ3) is 3.89. The van der Waals surface area contributed by atoms with E-state index < -0.39 is 0 Å². The first-order valence-electron chi connectivity index (χ1n) is 4.94. The van der Waals surface area contributed by atoms with Crippen molar-refractivity contribution in [3.63, 3.8) is 0 Å². The highest BCUT2D eigenvalue weighted by Crippen LogP contribution is 1.95. The Hall–Kier alpha value is -1.71. The van der Waals surface area contributed by atoms with Crippen LogP contribution >= 0.6 is 0 Å². The van der Waals surface area contributed by atoms with Crippen molar-refractivity contribution < 1.29 is 9.59 Å². The second kappa shape index (κ2) is 5.90. The van der Waals surface area contributed by atoms with Gasteiger partial charge >= 0.3 is 0 Å². The van der Waals surface area contributed by atoms with Crippen LogP contribution in [0, 0.1) is 0 Å². The number of rotatable bonds is 5. The maximum atomic E-state index is 11.5. The van der Waals surface area contributed by atoms with E-state index in [2.05, 4.69) is 10.3 Å². The summed E-state index contributed by atoms with van der Waals surface area (Å²) >= 11 is 0. The molecule has 0 saturated heterocycles. The Labute approximate surface area is 88.7 Å². The Balaban J connectivity index is 2.34. The molecule has 0 unspecified atom stereocenters. The van der Waals surface area contributed by atoms with Gasteiger partial charge in [0.15, 0.2) is 0 Å². The highest BCUT2D eigenvalue weighted by molar-refractivity contribution is 5.94. The minimum atomic E-state index is -0.188. The van der Waals surface area contributed by atoms with Crippen molar-refractivity contribution in [3.05, 3.63) is 30.1 Å². The minimum absolute atomic E-state index is 0.154. The molecule has 0 fully saturated rings. The van der Waals surface area contributed by atoms with Gasteiger partial charge in [-0.05, 0) is 12.1 Å². The van der Waals surface area contributed by atoms with Gasteiger partial charge in [0.05, 0.1) is 5.56 Å². The number of ketones is 1. The monoisotopic (exact) mass is 206 g/mol. The molecular weight excluding hydrogens is 192 g/mol. The van der Waals surface area contributed by atoms with Crippen LogP contribution in [0.1, 0.15) is 30.1 Å². The molecule has 1 heterocycles. The Morgan fingerprint density at radius 1 is 1.47 bits per heavy atom. The number of amides is 1. The first-order valence-corrected chi connectivity index (χ1v) is 4.94. The fourth-order valence-electron chi connectivity index (χ4n) is 1.09. The molecule has 1 aromatic rings. The molecule has 0 radical (unpaired) electrons. The van der Waals surface area contributed by atoms with E-state index in [1.165, 1.54) is 6.20 Å². The van der Waals surface area contributed by atoms with E-state index in [1.54, 1.807) is 18.3 Å². The fraction of sp³-hybridized carbons (Fsp3) is 0.364. The molecule has 80 valence electrons. The van der Waals surface area contributed by atoms with Crippen LogP contribution in [0.25, 0.3) is 0 Å². The second-order valence-corrected chi connectivity index (χ2v) is 3.14. The zero-order valence-corrected chi connectivity index (χ0v) is 8.69. The SMILES string of the molecule is CCC(=O)CCNC(=O)c1cccnc1. The van der Waals surface area contributed by atoms with Crippen LogP contribution in [0.3, 0.4) is 0 Å². The van der Waals surface area contributed by atoms with E-state index in [9.17, 15) is 9.59 Å². The van der Waals surface area contributed by atoms with E-state index in [0.29, 0.717) is 24.9 Å². The van der Waals surface area contributed by atoms with Gasteiger partial charge < -0.3 is 5.32 Å². The Kier molecular flexibility index (Phi) is 4.47. The lowest BCUT2D eigenvalue weighted by Crippen LogP contribution is -2.25. The fourth-order valence-corrected chi connectivity index (χ4v) is 1.09. The molecule has 1 N–H and O–H groups in total. The van der Waals surface area contributed by atoms with Gasteiger partial charge in [0.2, 0.25) is 0 Å². The zero-order chi connectivity index (χ0) is 11.1. The quantitative estimate of drug-likeness (QED) is 0.787. The topological polar surface area (TPSA) is 59.1 Å². The molecule has 1 rings (SSSR count). The van der Waals surface area contributed by atoms with Crippen molar-refractivity contribution in [1.82, 2.24) is 10.3 Å². The Morgan fingerprint density at radius 3 is 2.87 bits per heavy atom. The van der Waals surface area contributed by atoms with Crippen molar-refractivity contribution in [2.75, 3.05) is 6.54 Å². The summed E-state index contributed by atoms with van der Waals surface area (Å²) in [6, 6.07) is 3.39. The Morgan fingerprint density at radius 2 is 2.27 bits per heavy atom. The van der Waals surface area contributed by atoms with Crippen LogP contribution in [-0.4, -0.2) is 23.2 Å². The molecule has 1 amide bonds. The molecule has 0 atom stereocenters. The number of nitrogens with zero attached hydrogens (tertiary/aromatic N) is 1. The largest absolute Gasteiger partial charge is 0.352 e. The van der Waals surface area contributed by atoms with Gasteiger partial charge in [-0.2, -0.15) is 0 Å². The summed E-state index contributed by atoms with van der Waals surface area (Å²) in [5.74, 6) is -0.0338. The van der Waals surface area contributed by atoms with E-state index in [1.807, 2.05) is 6.92 Å². The average Bonchev–Trinajstić information content (AvgIpc) is 2.29. The summed E-state index contributed by atoms with van der Waals surface area (Å²) in [4.78, 5) is 26.3. The predicted octanol–water partition coefficient (Wildman–Crippen LogP) is 1.18. The van der Waals surface area contributed by atoms with E-state index in [0.717, 1.165) is 0 Å². The van der Waals surface area contributed by atoms with E-state index >= 15 is 0 Å². The van der Waals surface area contributed by atoms with Crippen LogP contribution in [0.15, 0.2) is 24.5 Å². The lowest BCUT2D eigenvalue weighted by atomic mass is 10.2. The minimum Gasteiger partial charge on any atom is -0.352 e. The molecule has 0 bridgehead atoms. The van der Waals surface area contributed by atoms with Gasteiger partial charge in [-0.25, -0.2) is 0 Å². The Bertz CT molecular complexity index is 336. The summed E-state index contributed by atoms with van der Waals surface area (Å²) in [5, 5.41) is 2.66. The van der Waals surface area contributed by atoms with Crippen LogP contribution < -0.4 is 5.32 Å². The smallest absolute Gasteiger partial charge is 0.252 e. The van der Waals surface area contributed by atoms with Crippen LogP contribution in [0.5, 0.6) is 0 Å². The number of hydrogen-bond donors (Lipinski definition) is 1. The van der Waals surface area contributed by atoms with Gasteiger partial charge in [-0.15, -0.1) is 0 Å². The number of Topliss-reactive ketones (excluding diaryl/α,β-unsaturated/α-hetero) is 1. The van der Waals surface area contributed by atoms with Crippen molar-refractivity contribution >= 4 is 11.7 Å². The molecule has 0 spiro atoms. The summed E-state index contributed by atoms with van der Waals surface area (Å²) in [6.07, 6.45) is 4.01. The first kappa shape index (κ1) is 11.4. The molecule has 0 aliphatic heterocycles. The third-order valence-electron chi connectivity index (χ3n) is 2.01. The van der Waals surface area contributed by atoms with Crippen molar-refractivity contribution in [2.45, 2.75) is 19.8 Å². The highest BCUT2D eigenvalue weighted by Gasteiger charge is 2.04. The molecule has 0 aliphatic rings. The highest BCUT2D eigenvalue weighted by atomic mass is 16.1. The summed E-state index contributed by atoms with van der Waals surface area (Å²) in [7, 11) is 0. The van der Waals surface area contributed by atoms with Crippen LogP contribution in [0.4, 0.5) is 0 Å². The van der Waals surface area contributed by atoms with Crippen LogP contribution in [-0.2, 0) is 4.79 Å². The number of hydrogen-bond acceptors (Lipinski definition) is 3. The molecule has 0 saturated carbocycles. The number of carbonyl (C=O) groups excluding carboxylic acids is 2. The number of carbonyl (C=O) groups is 2. The maximum Gasteiger partial charge on any atom is 0.252 e. The first-order chi connectivity index (χ1) is 7.24. The standard InChI is InChI=1S/C11H14N2O2/c1-2-10(14)5-7-13-11(15)9-4-3-6-12-8-9/h3-4,6,8H,2,5,7H2,1H3,(H,13,15). The molecule has 15 heavy (non-hydrogen) atoms. The predicted molar refractivity (Wildman–Crippen MR) is 56.5 cm³/mol. The van der Waals surface area contributed by atoms with E-state index in [4.69, 9.17) is 0 Å². The van der Waals surface area contributed by atoms with E-state index in [-0.39, 0.29) is 11.7 Å². The number of aromatic nitrogens is 1. The second-order valence-electron chi connectivity index (χ2n) is 3.14. The number of pyridine rings is 1. The molecule has 4 heteroatoms. The average molecular weight is 206 g/mol. The molecule has 0 aliphatic carbocycles. The van der Waals surface area contributed by atoms with Gasteiger partial charge in [0, 0.05) is 31.8 Å². The molecule has 4 nitrogen and oxygen atoms in total. The van der Waals surface area contributed by atoms with Gasteiger partial charge in [-0.1, -0.05) is 6.92 Å². The van der Waals surface area contributed by atoms with Gasteiger partial charge in [0.1, 0.15) is 5.78 Å². The lowest BCUT2D eigenvalue weighted by Gasteiger charge is -2.03. The van der Waals surface area contributed by atoms with Crippen molar-refractivity contribution in [3.8, 4) is 0 Å². The number of nitrogens with one attached hydrogen (secondary N) is 1. The zero-order valence-electron chi connectivity index (χ0n) is 8.69. The van der Waals surface area contributed by atoms with Crippen molar-refractivity contribution in [2.24, 2.45) is 0 Å². The lowest BCUT2D eigenvalue weighted by molar-refractivity contribution is -0.118. The molecular formula is C11H14N2O2. The normalized spacial score (nSPS) is 9.67. The maximum absolute atomic E-state index is 11.5. The summed E-state index contributed by atoms with van der Waals surface area (Å²) in [5.41, 5.74) is 0.515. The summed E-state index contributed by atoms with van der Waals surface area (Å²) in [6.45, 7) is 2.20. The van der Waals surface area contributed by atoms with Gasteiger partial charge in [-0.3, -0.25) is 14.6 Å². The van der Waals surface area contributed by atoms with Crippen LogP contribution in [0.2, 0.25) is 0 Å². The molecule has 0 aromatic carbocycles. The molecule has 1 aromatic heterocycles. The summed E-state index contributed by atoms with van der Waals surface area (Å²) < 4.78 is 0.